The lowest BCUT2D eigenvalue weighted by atomic mass is 10.2. The van der Waals surface area contributed by atoms with Crippen LogP contribution in [0.2, 0.25) is 10.0 Å². The molecule has 0 aromatic heterocycles. The minimum Gasteiger partial charge on any atom is -0.482 e. The molecule has 0 N–H and O–H groups in total. The van der Waals surface area contributed by atoms with E-state index in [-0.39, 0.29) is 43.6 Å². The van der Waals surface area contributed by atoms with Crippen LogP contribution in [0.4, 0.5) is 27.6 Å². The van der Waals surface area contributed by atoms with Crippen LogP contribution >= 0.6 is 23.2 Å². The van der Waals surface area contributed by atoms with E-state index in [1.807, 2.05) is 0 Å². The molecule has 4 nitrogen and oxygen atoms in total. The Kier molecular flexibility index (Phi) is 6.38. The molecule has 1 amide bonds. The molecule has 1 aliphatic rings. The molecule has 3 rings (SSSR count). The van der Waals surface area contributed by atoms with Gasteiger partial charge in [0.1, 0.15) is 11.4 Å². The third-order valence-corrected chi connectivity index (χ3v) is 4.91. The van der Waals surface area contributed by atoms with E-state index in [0.717, 1.165) is 4.90 Å². The molecule has 156 valence electrons. The number of carbonyl (C=O) groups is 1. The predicted molar refractivity (Wildman–Crippen MR) is 97.0 cm³/mol. The van der Waals surface area contributed by atoms with Crippen molar-refractivity contribution < 1.29 is 31.5 Å². The maximum Gasteiger partial charge on any atom is 0.260 e. The van der Waals surface area contributed by atoms with E-state index in [1.165, 1.54) is 23.1 Å². The van der Waals surface area contributed by atoms with Gasteiger partial charge in [-0.1, -0.05) is 23.2 Å². The lowest BCUT2D eigenvalue weighted by molar-refractivity contribution is -0.133. The first-order valence-corrected chi connectivity index (χ1v) is 9.08. The second-order valence-corrected chi connectivity index (χ2v) is 6.99. The molecule has 0 saturated carbocycles. The first-order valence-electron chi connectivity index (χ1n) is 8.32. The summed E-state index contributed by atoms with van der Waals surface area (Å²) in [4.78, 5) is 14.6. The molecule has 2 aromatic carbocycles. The number of hydrogen-bond donors (Lipinski definition) is 0. The Morgan fingerprint density at radius 3 is 2.00 bits per heavy atom. The number of carbonyl (C=O) groups excluding carboxylic acids is 1. The van der Waals surface area contributed by atoms with E-state index < -0.39 is 40.7 Å². The normalized spacial score (nSPS) is 14.3. The van der Waals surface area contributed by atoms with Crippen molar-refractivity contribution in [2.45, 2.75) is 0 Å². The highest BCUT2D eigenvalue weighted by Gasteiger charge is 2.31. The first kappa shape index (κ1) is 21.4. The largest absolute Gasteiger partial charge is 0.482 e. The smallest absolute Gasteiger partial charge is 0.260 e. The SMILES string of the molecule is O=C(COc1ccc(Cl)cc1Cl)N1CCN(c2c(F)c(F)c(F)c(F)c2F)CC1. The maximum atomic E-state index is 13.9. The molecule has 0 atom stereocenters. The van der Waals surface area contributed by atoms with Gasteiger partial charge in [0.25, 0.3) is 5.91 Å². The number of amides is 1. The standard InChI is InChI=1S/C18H13Cl2F5N2O2/c19-9-1-2-11(10(20)7-9)29-8-12(28)26-3-5-27(6-4-26)18-16(24)14(22)13(21)15(23)17(18)25/h1-2,7H,3-6,8H2. The Labute approximate surface area is 172 Å². The fourth-order valence-electron chi connectivity index (χ4n) is 2.87. The van der Waals surface area contributed by atoms with E-state index in [9.17, 15) is 26.7 Å². The summed E-state index contributed by atoms with van der Waals surface area (Å²) >= 11 is 11.7. The van der Waals surface area contributed by atoms with Crippen LogP contribution in [0.15, 0.2) is 18.2 Å². The number of anilines is 1. The molecule has 1 fully saturated rings. The highest BCUT2D eigenvalue weighted by molar-refractivity contribution is 6.35. The van der Waals surface area contributed by atoms with E-state index in [2.05, 4.69) is 0 Å². The zero-order chi connectivity index (χ0) is 21.3. The maximum absolute atomic E-state index is 13.9. The van der Waals surface area contributed by atoms with Crippen LogP contribution < -0.4 is 9.64 Å². The van der Waals surface area contributed by atoms with Gasteiger partial charge in [0, 0.05) is 31.2 Å². The van der Waals surface area contributed by atoms with Crippen molar-refractivity contribution in [1.82, 2.24) is 4.90 Å². The summed E-state index contributed by atoms with van der Waals surface area (Å²) in [5.74, 6) is -10.2. The Balaban J connectivity index is 1.63. The molecule has 2 aromatic rings. The van der Waals surface area contributed by atoms with Crippen molar-refractivity contribution >= 4 is 34.8 Å². The Hall–Kier alpha value is -2.26. The zero-order valence-electron chi connectivity index (χ0n) is 14.6. The minimum atomic E-state index is -2.21. The molecule has 1 aliphatic heterocycles. The van der Waals surface area contributed by atoms with Gasteiger partial charge < -0.3 is 14.5 Å². The number of nitrogens with zero attached hydrogens (tertiary/aromatic N) is 2. The average Bonchev–Trinajstić information content (AvgIpc) is 2.70. The highest BCUT2D eigenvalue weighted by Crippen LogP contribution is 2.31. The molecular weight excluding hydrogens is 442 g/mol. The van der Waals surface area contributed by atoms with E-state index in [4.69, 9.17) is 27.9 Å². The van der Waals surface area contributed by atoms with E-state index in [0.29, 0.717) is 5.02 Å². The van der Waals surface area contributed by atoms with Gasteiger partial charge in [-0.2, -0.15) is 0 Å². The summed E-state index contributed by atoms with van der Waals surface area (Å²) in [7, 11) is 0. The van der Waals surface area contributed by atoms with Gasteiger partial charge in [0.2, 0.25) is 5.82 Å². The van der Waals surface area contributed by atoms with Gasteiger partial charge in [-0.05, 0) is 18.2 Å². The molecular formula is C18H13Cl2F5N2O2. The summed E-state index contributed by atoms with van der Waals surface area (Å²) in [5, 5.41) is 0.624. The van der Waals surface area contributed by atoms with Crippen molar-refractivity contribution in [3.63, 3.8) is 0 Å². The number of ether oxygens (including phenoxy) is 1. The lowest BCUT2D eigenvalue weighted by Gasteiger charge is -2.36. The van der Waals surface area contributed by atoms with Gasteiger partial charge in [0.05, 0.1) is 5.02 Å². The second-order valence-electron chi connectivity index (χ2n) is 6.15. The number of rotatable bonds is 4. The summed E-state index contributed by atoms with van der Waals surface area (Å²) in [5.41, 5.74) is -1.00. The van der Waals surface area contributed by atoms with Crippen molar-refractivity contribution in [2.75, 3.05) is 37.7 Å². The van der Waals surface area contributed by atoms with E-state index in [1.54, 1.807) is 0 Å². The summed E-state index contributed by atoms with van der Waals surface area (Å²) < 4.78 is 73.2. The minimum absolute atomic E-state index is 0.00996. The molecule has 0 aliphatic carbocycles. The topological polar surface area (TPSA) is 32.8 Å². The summed E-state index contributed by atoms with van der Waals surface area (Å²) in [6.07, 6.45) is 0. The monoisotopic (exact) mass is 454 g/mol. The van der Waals surface area contributed by atoms with Crippen molar-refractivity contribution in [3.8, 4) is 5.75 Å². The molecule has 11 heteroatoms. The van der Waals surface area contributed by atoms with Gasteiger partial charge in [-0.15, -0.1) is 0 Å². The van der Waals surface area contributed by atoms with Gasteiger partial charge in [0.15, 0.2) is 29.9 Å². The molecule has 0 bridgehead atoms. The van der Waals surface area contributed by atoms with Crippen LogP contribution in [0.3, 0.4) is 0 Å². The summed E-state index contributed by atoms with van der Waals surface area (Å²) in [6, 6.07) is 4.49. The van der Waals surface area contributed by atoms with Crippen LogP contribution in [0, 0.1) is 29.1 Å². The van der Waals surface area contributed by atoms with Crippen LogP contribution in [0.25, 0.3) is 0 Å². The number of benzene rings is 2. The first-order chi connectivity index (χ1) is 13.7. The Bertz CT molecular complexity index is 923. The van der Waals surface area contributed by atoms with Crippen molar-refractivity contribution in [2.24, 2.45) is 0 Å². The Morgan fingerprint density at radius 1 is 0.897 bits per heavy atom. The van der Waals surface area contributed by atoms with Crippen LogP contribution in [0.1, 0.15) is 0 Å². The average molecular weight is 455 g/mol. The summed E-state index contributed by atoms with van der Waals surface area (Å²) in [6.45, 7) is -0.562. The number of piperazine rings is 1. The lowest BCUT2D eigenvalue weighted by Crippen LogP contribution is -2.50. The predicted octanol–water partition coefficient (Wildman–Crippen LogP) is 4.42. The second kappa shape index (κ2) is 8.62. The number of halogens is 7. The third kappa shape index (κ3) is 4.35. The van der Waals surface area contributed by atoms with Gasteiger partial charge in [-0.25, -0.2) is 22.0 Å². The molecule has 0 radical (unpaired) electrons. The fourth-order valence-corrected chi connectivity index (χ4v) is 3.34. The molecule has 0 unspecified atom stereocenters. The fraction of sp³-hybridized carbons (Fsp3) is 0.278. The number of hydrogen-bond acceptors (Lipinski definition) is 3. The van der Waals surface area contributed by atoms with Crippen LogP contribution in [-0.4, -0.2) is 43.6 Å². The van der Waals surface area contributed by atoms with Crippen molar-refractivity contribution in [1.29, 1.82) is 0 Å². The Morgan fingerprint density at radius 2 is 1.45 bits per heavy atom. The molecule has 1 saturated heterocycles. The van der Waals surface area contributed by atoms with Gasteiger partial charge in [-0.3, -0.25) is 4.79 Å². The zero-order valence-corrected chi connectivity index (χ0v) is 16.1. The third-order valence-electron chi connectivity index (χ3n) is 4.38. The molecule has 29 heavy (non-hydrogen) atoms. The van der Waals surface area contributed by atoms with Crippen LogP contribution in [-0.2, 0) is 4.79 Å². The molecule has 1 heterocycles. The quantitative estimate of drug-likeness (QED) is 0.389. The molecule has 0 spiro atoms. The van der Waals surface area contributed by atoms with Gasteiger partial charge >= 0.3 is 0 Å². The van der Waals surface area contributed by atoms with E-state index >= 15 is 0 Å². The highest BCUT2D eigenvalue weighted by atomic mass is 35.5. The van der Waals surface area contributed by atoms with Crippen LogP contribution in [0.5, 0.6) is 5.75 Å². The van der Waals surface area contributed by atoms with Crippen molar-refractivity contribution in [3.05, 3.63) is 57.3 Å².